The highest BCUT2D eigenvalue weighted by Crippen LogP contribution is 2.19. The first-order chi connectivity index (χ1) is 8.11. The van der Waals surface area contributed by atoms with Gasteiger partial charge in [0.25, 0.3) is 0 Å². The van der Waals surface area contributed by atoms with E-state index < -0.39 is 23.0 Å². The van der Waals surface area contributed by atoms with Crippen molar-refractivity contribution in [1.82, 2.24) is 4.90 Å². The Morgan fingerprint density at radius 3 is 2.22 bits per heavy atom. The zero-order valence-corrected chi connectivity index (χ0v) is 12.9. The molecule has 2 rings (SSSR count). The molecule has 6 heteroatoms. The first-order valence-electron chi connectivity index (χ1n) is 5.41. The van der Waals surface area contributed by atoms with Gasteiger partial charge in [0.15, 0.2) is 5.78 Å². The fourth-order valence-corrected chi connectivity index (χ4v) is 2.13. The second-order valence-corrected chi connectivity index (χ2v) is 4.68. The van der Waals surface area contributed by atoms with E-state index in [9.17, 15) is 13.6 Å². The van der Waals surface area contributed by atoms with E-state index >= 15 is 0 Å². The Morgan fingerprint density at radius 2 is 1.83 bits per heavy atom. The Balaban J connectivity index is 0.00000162. The van der Waals surface area contributed by atoms with Crippen LogP contribution in [0.5, 0.6) is 0 Å². The number of hydrogen-bond acceptors (Lipinski definition) is 2. The second kappa shape index (κ2) is 6.73. The topological polar surface area (TPSA) is 20.3 Å². The first kappa shape index (κ1) is 15.7. The maximum atomic E-state index is 13.6. The number of carbonyl (C=O) groups is 1. The third kappa shape index (κ3) is 3.36. The Morgan fingerprint density at radius 1 is 1.28 bits per heavy atom. The molecule has 0 spiro atoms. The fraction of sp³-hybridized carbons (Fsp3) is 0.417. The van der Waals surface area contributed by atoms with Crippen molar-refractivity contribution >= 4 is 38.7 Å². The van der Waals surface area contributed by atoms with E-state index in [1.807, 2.05) is 0 Å². The molecule has 0 bridgehead atoms. The summed E-state index contributed by atoms with van der Waals surface area (Å²) in [6, 6.07) is 2.49. The van der Waals surface area contributed by atoms with Crippen molar-refractivity contribution in [3.05, 3.63) is 34.9 Å². The van der Waals surface area contributed by atoms with Crippen LogP contribution in [0, 0.1) is 11.6 Å². The van der Waals surface area contributed by atoms with Gasteiger partial charge in [0, 0.05) is 6.54 Å². The summed E-state index contributed by atoms with van der Waals surface area (Å²) in [5.74, 6) is -2.12. The Kier molecular flexibility index (Phi) is 5.88. The molecule has 1 heterocycles. The number of benzene rings is 1. The maximum absolute atomic E-state index is 13.6. The molecule has 0 amide bonds. The zero-order chi connectivity index (χ0) is 12.4. The average Bonchev–Trinajstić information content (AvgIpc) is 2.22. The van der Waals surface area contributed by atoms with Crippen LogP contribution in [0.25, 0.3) is 0 Å². The minimum atomic E-state index is -0.773. The molecular weight excluding hydrogens is 372 g/mol. The molecule has 0 aromatic heterocycles. The predicted molar refractivity (Wildman–Crippen MR) is 74.7 cm³/mol. The molecule has 1 fully saturated rings. The lowest BCUT2D eigenvalue weighted by atomic mass is 10.1. The van der Waals surface area contributed by atoms with Gasteiger partial charge in [0.1, 0.15) is 11.6 Å². The van der Waals surface area contributed by atoms with Crippen LogP contribution in [0.1, 0.15) is 22.3 Å². The number of Topliss-reactive ketones (excluding diaryl/α,β-unsaturated/α-hetero) is 1. The SMILES string of the molecule is Br.O=C(CBr)c1c(F)cc(CN2CCC2)cc1F. The molecule has 1 aromatic carbocycles. The van der Waals surface area contributed by atoms with E-state index in [-0.39, 0.29) is 22.3 Å². The lowest BCUT2D eigenvalue weighted by Gasteiger charge is -2.30. The fourth-order valence-electron chi connectivity index (χ4n) is 1.85. The van der Waals surface area contributed by atoms with Gasteiger partial charge in [-0.3, -0.25) is 9.69 Å². The quantitative estimate of drug-likeness (QED) is 0.586. The van der Waals surface area contributed by atoms with Crippen LogP contribution in [0.2, 0.25) is 0 Å². The van der Waals surface area contributed by atoms with Crippen LogP contribution in [-0.2, 0) is 6.54 Å². The number of ketones is 1. The first-order valence-corrected chi connectivity index (χ1v) is 6.53. The highest BCUT2D eigenvalue weighted by molar-refractivity contribution is 9.09. The maximum Gasteiger partial charge on any atom is 0.179 e. The molecule has 2 nitrogen and oxygen atoms in total. The van der Waals surface area contributed by atoms with Gasteiger partial charge in [0.2, 0.25) is 0 Å². The average molecular weight is 385 g/mol. The third-order valence-electron chi connectivity index (χ3n) is 2.86. The number of hydrogen-bond donors (Lipinski definition) is 0. The Labute approximate surface area is 123 Å². The van der Waals surface area contributed by atoms with Crippen LogP contribution in [0.15, 0.2) is 12.1 Å². The van der Waals surface area contributed by atoms with E-state index in [0.717, 1.165) is 19.5 Å². The van der Waals surface area contributed by atoms with Gasteiger partial charge in [-0.1, -0.05) is 15.9 Å². The molecule has 0 unspecified atom stereocenters. The lowest BCUT2D eigenvalue weighted by Crippen LogP contribution is -2.36. The molecule has 1 aromatic rings. The molecule has 0 aliphatic carbocycles. The minimum absolute atomic E-state index is 0. The van der Waals surface area contributed by atoms with Crippen LogP contribution < -0.4 is 0 Å². The molecule has 0 N–H and O–H groups in total. The van der Waals surface area contributed by atoms with Gasteiger partial charge in [-0.15, -0.1) is 17.0 Å². The molecule has 1 aliphatic rings. The summed E-state index contributed by atoms with van der Waals surface area (Å²) in [4.78, 5) is 13.4. The number of likely N-dealkylation sites (tertiary alicyclic amines) is 1. The van der Waals surface area contributed by atoms with Gasteiger partial charge in [-0.05, 0) is 37.2 Å². The standard InChI is InChI=1S/C12H12BrF2NO.BrH/c13-6-11(17)12-9(14)4-8(5-10(12)15)7-16-2-1-3-16;/h4-5H,1-3,6-7H2;1H. The zero-order valence-electron chi connectivity index (χ0n) is 9.59. The van der Waals surface area contributed by atoms with Crippen LogP contribution >= 0.6 is 32.9 Å². The summed E-state index contributed by atoms with van der Waals surface area (Å²) >= 11 is 2.91. The number of carbonyl (C=O) groups excluding carboxylic acids is 1. The van der Waals surface area contributed by atoms with E-state index in [1.54, 1.807) is 0 Å². The van der Waals surface area contributed by atoms with Crippen molar-refractivity contribution < 1.29 is 13.6 Å². The summed E-state index contributed by atoms with van der Waals surface area (Å²) in [6.07, 6.45) is 1.13. The van der Waals surface area contributed by atoms with E-state index in [1.165, 1.54) is 12.1 Å². The summed E-state index contributed by atoms with van der Waals surface area (Å²) < 4.78 is 27.2. The van der Waals surface area contributed by atoms with Crippen molar-refractivity contribution in [2.75, 3.05) is 18.4 Å². The van der Waals surface area contributed by atoms with Gasteiger partial charge < -0.3 is 0 Å². The van der Waals surface area contributed by atoms with Gasteiger partial charge in [0.05, 0.1) is 10.9 Å². The minimum Gasteiger partial charge on any atom is -0.299 e. The monoisotopic (exact) mass is 383 g/mol. The van der Waals surface area contributed by atoms with Crippen LogP contribution in [0.3, 0.4) is 0 Å². The summed E-state index contributed by atoms with van der Waals surface area (Å²) in [6.45, 7) is 2.47. The smallest absolute Gasteiger partial charge is 0.179 e. The molecule has 18 heavy (non-hydrogen) atoms. The largest absolute Gasteiger partial charge is 0.299 e. The molecule has 0 atom stereocenters. The molecule has 0 saturated carbocycles. The third-order valence-corrected chi connectivity index (χ3v) is 3.37. The van der Waals surface area contributed by atoms with Gasteiger partial charge >= 0.3 is 0 Å². The van der Waals surface area contributed by atoms with Crippen LogP contribution in [-0.4, -0.2) is 29.1 Å². The molecule has 1 saturated heterocycles. The van der Waals surface area contributed by atoms with E-state index in [4.69, 9.17) is 0 Å². The van der Waals surface area contributed by atoms with Crippen molar-refractivity contribution in [2.24, 2.45) is 0 Å². The van der Waals surface area contributed by atoms with Crippen molar-refractivity contribution in [3.63, 3.8) is 0 Å². The van der Waals surface area contributed by atoms with Gasteiger partial charge in [-0.25, -0.2) is 8.78 Å². The highest BCUT2D eigenvalue weighted by atomic mass is 79.9. The van der Waals surface area contributed by atoms with Gasteiger partial charge in [-0.2, -0.15) is 0 Å². The summed E-state index contributed by atoms with van der Waals surface area (Å²) in [5, 5.41) is -0.0771. The lowest BCUT2D eigenvalue weighted by molar-refractivity contribution is 0.101. The second-order valence-electron chi connectivity index (χ2n) is 4.12. The predicted octanol–water partition coefficient (Wildman–Crippen LogP) is 3.33. The highest BCUT2D eigenvalue weighted by Gasteiger charge is 2.20. The van der Waals surface area contributed by atoms with E-state index in [2.05, 4.69) is 20.8 Å². The number of nitrogens with zero attached hydrogens (tertiary/aromatic N) is 1. The Bertz CT molecular complexity index is 427. The van der Waals surface area contributed by atoms with Crippen molar-refractivity contribution in [2.45, 2.75) is 13.0 Å². The molecule has 1 aliphatic heterocycles. The summed E-state index contributed by atoms with van der Waals surface area (Å²) in [7, 11) is 0. The summed E-state index contributed by atoms with van der Waals surface area (Å²) in [5.41, 5.74) is 0.125. The molecule has 100 valence electrons. The molecule has 0 radical (unpaired) electrons. The Hall–Kier alpha value is -0.330. The van der Waals surface area contributed by atoms with Crippen molar-refractivity contribution in [3.8, 4) is 0 Å². The van der Waals surface area contributed by atoms with Crippen LogP contribution in [0.4, 0.5) is 8.78 Å². The number of rotatable bonds is 4. The normalized spacial score (nSPS) is 14.8. The van der Waals surface area contributed by atoms with Crippen molar-refractivity contribution in [1.29, 1.82) is 0 Å². The number of alkyl halides is 1. The number of halogens is 4. The van der Waals surface area contributed by atoms with E-state index in [0.29, 0.717) is 12.1 Å². The molecular formula is C12H13Br2F2NO.